The highest BCUT2D eigenvalue weighted by atomic mass is 16.1. The number of rotatable bonds is 0. The molecule has 0 aliphatic rings. The first-order valence-corrected chi connectivity index (χ1v) is 2.99. The summed E-state index contributed by atoms with van der Waals surface area (Å²) in [5.74, 6) is -0.333. The minimum Gasteiger partial charge on any atom is -0.370 e. The summed E-state index contributed by atoms with van der Waals surface area (Å²) >= 11 is 0. The van der Waals surface area contributed by atoms with Crippen LogP contribution < -0.4 is 16.4 Å². The maximum Gasteiger partial charge on any atom is 0.214 e. The Kier molecular flexibility index (Phi) is 38.5. The summed E-state index contributed by atoms with van der Waals surface area (Å²) < 4.78 is 0. The lowest BCUT2D eigenvalue weighted by atomic mass is 10.8. The van der Waals surface area contributed by atoms with Crippen LogP contribution in [-0.4, -0.2) is 34.1 Å². The number of hydrogen-bond donors (Lipinski definition) is 3. The van der Waals surface area contributed by atoms with Crippen LogP contribution in [0.5, 0.6) is 0 Å². The van der Waals surface area contributed by atoms with Crippen molar-refractivity contribution in [2.45, 2.75) is 6.92 Å². The molecular formula is C6H19N3O. The molecule has 4 nitrogen and oxygen atoms in total. The molecule has 64 valence electrons. The second kappa shape index (κ2) is 23.8. The molecular weight excluding hydrogens is 130 g/mol. The fourth-order valence-electron chi connectivity index (χ4n) is 0. The van der Waals surface area contributed by atoms with Crippen LogP contribution in [0.15, 0.2) is 0 Å². The molecule has 4 heteroatoms. The van der Waals surface area contributed by atoms with Gasteiger partial charge in [-0.25, -0.2) is 0 Å². The molecule has 0 aromatic carbocycles. The Morgan fingerprint density at radius 2 is 1.10 bits per heavy atom. The van der Waals surface area contributed by atoms with Gasteiger partial charge in [-0.1, -0.05) is 0 Å². The fourth-order valence-corrected chi connectivity index (χ4v) is 0. The summed E-state index contributed by atoms with van der Waals surface area (Å²) in [4.78, 5) is 9.22. The highest BCUT2D eigenvalue weighted by molar-refractivity contribution is 5.70. The average molecular weight is 149 g/mol. The van der Waals surface area contributed by atoms with Gasteiger partial charge < -0.3 is 16.4 Å². The van der Waals surface area contributed by atoms with Gasteiger partial charge in [0.15, 0.2) is 0 Å². The van der Waals surface area contributed by atoms with Crippen LogP contribution >= 0.6 is 0 Å². The Balaban J connectivity index is -0.0000000750. The van der Waals surface area contributed by atoms with Gasteiger partial charge in [-0.2, -0.15) is 0 Å². The van der Waals surface area contributed by atoms with E-state index in [2.05, 4.69) is 16.4 Å². The predicted octanol–water partition coefficient (Wildman–Crippen LogP) is -0.837. The van der Waals surface area contributed by atoms with Crippen LogP contribution in [-0.2, 0) is 4.79 Å². The van der Waals surface area contributed by atoms with E-state index in [0.29, 0.717) is 0 Å². The average Bonchev–Trinajstić information content (AvgIpc) is 1.65. The molecule has 0 spiro atoms. The predicted molar refractivity (Wildman–Crippen MR) is 44.8 cm³/mol. The summed E-state index contributed by atoms with van der Waals surface area (Å²) in [5, 5.41) is 5.50. The molecule has 0 saturated heterocycles. The van der Waals surface area contributed by atoms with Gasteiger partial charge >= 0.3 is 0 Å². The van der Waals surface area contributed by atoms with E-state index in [9.17, 15) is 4.79 Å². The molecule has 10 heavy (non-hydrogen) atoms. The zero-order valence-corrected chi connectivity index (χ0v) is 7.49. The van der Waals surface area contributed by atoms with Crippen LogP contribution in [0.3, 0.4) is 0 Å². The van der Waals surface area contributed by atoms with Gasteiger partial charge in [0.1, 0.15) is 0 Å². The van der Waals surface area contributed by atoms with Crippen molar-refractivity contribution in [2.75, 3.05) is 28.2 Å². The van der Waals surface area contributed by atoms with Crippen LogP contribution in [0.1, 0.15) is 6.92 Å². The Hall–Kier alpha value is -0.610. The van der Waals surface area contributed by atoms with Gasteiger partial charge in [0.05, 0.1) is 0 Å². The molecule has 0 fully saturated rings. The third-order valence-electron chi connectivity index (χ3n) is 0. The SMILES string of the molecule is CC(N)=O.CNC.CNC. The highest BCUT2D eigenvalue weighted by Gasteiger charge is 1.61. The van der Waals surface area contributed by atoms with E-state index < -0.39 is 0 Å². The molecule has 0 aliphatic heterocycles. The number of carbonyl (C=O) groups is 1. The van der Waals surface area contributed by atoms with Crippen molar-refractivity contribution in [3.05, 3.63) is 0 Å². The summed E-state index contributed by atoms with van der Waals surface area (Å²) in [5.41, 5.74) is 4.47. The Morgan fingerprint density at radius 1 is 1.10 bits per heavy atom. The lowest BCUT2D eigenvalue weighted by Crippen LogP contribution is -2.01. The zero-order chi connectivity index (χ0) is 8.99. The fraction of sp³-hybridized carbons (Fsp3) is 0.833. The zero-order valence-electron chi connectivity index (χ0n) is 7.49. The van der Waals surface area contributed by atoms with Crippen molar-refractivity contribution < 1.29 is 4.79 Å². The monoisotopic (exact) mass is 149 g/mol. The standard InChI is InChI=1S/C2H5NO.2C2H7N/c1-2(3)4;2*1-3-2/h1H3,(H2,3,4);2*3H,1-2H3. The van der Waals surface area contributed by atoms with Crippen LogP contribution in [0.25, 0.3) is 0 Å². The van der Waals surface area contributed by atoms with Crippen molar-refractivity contribution in [1.29, 1.82) is 0 Å². The lowest BCUT2D eigenvalue weighted by molar-refractivity contribution is -0.115. The second-order valence-corrected chi connectivity index (χ2v) is 1.61. The van der Waals surface area contributed by atoms with E-state index in [-0.39, 0.29) is 5.91 Å². The minimum atomic E-state index is -0.333. The van der Waals surface area contributed by atoms with E-state index in [1.165, 1.54) is 6.92 Å². The summed E-state index contributed by atoms with van der Waals surface area (Å²) in [6.45, 7) is 1.31. The van der Waals surface area contributed by atoms with E-state index in [0.717, 1.165) is 0 Å². The van der Waals surface area contributed by atoms with Gasteiger partial charge in [0, 0.05) is 6.92 Å². The third-order valence-corrected chi connectivity index (χ3v) is 0. The normalized spacial score (nSPS) is 6.10. The van der Waals surface area contributed by atoms with Gasteiger partial charge in [-0.15, -0.1) is 0 Å². The molecule has 0 bridgehead atoms. The Morgan fingerprint density at radius 3 is 1.10 bits per heavy atom. The number of hydrogen-bond acceptors (Lipinski definition) is 3. The summed E-state index contributed by atoms with van der Waals surface area (Å²) in [6, 6.07) is 0. The number of nitrogens with two attached hydrogens (primary N) is 1. The molecule has 0 saturated carbocycles. The maximum absolute atomic E-state index is 9.22. The lowest BCUT2D eigenvalue weighted by Gasteiger charge is -1.60. The first-order chi connectivity index (χ1) is 4.56. The van der Waals surface area contributed by atoms with Crippen LogP contribution in [0.2, 0.25) is 0 Å². The smallest absolute Gasteiger partial charge is 0.214 e. The van der Waals surface area contributed by atoms with Crippen molar-refractivity contribution in [3.63, 3.8) is 0 Å². The molecule has 0 aliphatic carbocycles. The van der Waals surface area contributed by atoms with Gasteiger partial charge in [0.25, 0.3) is 0 Å². The minimum absolute atomic E-state index is 0.333. The van der Waals surface area contributed by atoms with Crippen molar-refractivity contribution >= 4 is 5.91 Å². The van der Waals surface area contributed by atoms with Crippen molar-refractivity contribution in [1.82, 2.24) is 10.6 Å². The molecule has 0 atom stereocenters. The molecule has 0 unspecified atom stereocenters. The number of amides is 1. The number of primary amides is 1. The molecule has 0 rings (SSSR count). The quantitative estimate of drug-likeness (QED) is 0.421. The summed E-state index contributed by atoms with van der Waals surface area (Å²) in [6.07, 6.45) is 0. The van der Waals surface area contributed by atoms with Gasteiger partial charge in [-0.05, 0) is 28.2 Å². The molecule has 0 radical (unpaired) electrons. The summed E-state index contributed by atoms with van der Waals surface area (Å²) in [7, 11) is 7.50. The molecule has 0 aromatic heterocycles. The molecule has 4 N–H and O–H groups in total. The topological polar surface area (TPSA) is 67.2 Å². The van der Waals surface area contributed by atoms with Crippen LogP contribution in [0.4, 0.5) is 0 Å². The Bertz CT molecular complexity index is 51.0. The van der Waals surface area contributed by atoms with Crippen LogP contribution in [0, 0.1) is 0 Å². The van der Waals surface area contributed by atoms with Crippen molar-refractivity contribution in [2.24, 2.45) is 5.73 Å². The number of nitrogens with one attached hydrogen (secondary N) is 2. The molecule has 1 amide bonds. The maximum atomic E-state index is 9.22. The largest absolute Gasteiger partial charge is 0.370 e. The molecule has 0 aromatic rings. The second-order valence-electron chi connectivity index (χ2n) is 1.61. The van der Waals surface area contributed by atoms with E-state index >= 15 is 0 Å². The third kappa shape index (κ3) is 811. The van der Waals surface area contributed by atoms with E-state index in [1.54, 1.807) is 0 Å². The number of carbonyl (C=O) groups excluding carboxylic acids is 1. The van der Waals surface area contributed by atoms with Gasteiger partial charge in [-0.3, -0.25) is 4.79 Å². The van der Waals surface area contributed by atoms with Gasteiger partial charge in [0.2, 0.25) is 5.91 Å². The van der Waals surface area contributed by atoms with Crippen molar-refractivity contribution in [3.8, 4) is 0 Å². The first-order valence-electron chi connectivity index (χ1n) is 2.99. The highest BCUT2D eigenvalue weighted by Crippen LogP contribution is 1.33. The first kappa shape index (κ1) is 16.2. The van der Waals surface area contributed by atoms with E-state index in [4.69, 9.17) is 0 Å². The molecule has 0 heterocycles. The Labute approximate surface area is 63.2 Å². The van der Waals surface area contributed by atoms with E-state index in [1.807, 2.05) is 28.2 Å².